The van der Waals surface area contributed by atoms with E-state index in [1.807, 2.05) is 17.9 Å². The lowest BCUT2D eigenvalue weighted by atomic mass is 10.1. The van der Waals surface area contributed by atoms with Gasteiger partial charge in [0.25, 0.3) is 5.56 Å². The molecule has 6 rings (SSSR count). The number of halogens is 4. The van der Waals surface area contributed by atoms with Gasteiger partial charge in [-0.2, -0.15) is 22.7 Å². The first-order chi connectivity index (χ1) is 24.4. The second kappa shape index (κ2) is 15.4. The van der Waals surface area contributed by atoms with Gasteiger partial charge in [0.1, 0.15) is 12.2 Å². The van der Waals surface area contributed by atoms with Crippen LogP contribution in [0.3, 0.4) is 0 Å². The van der Waals surface area contributed by atoms with E-state index in [2.05, 4.69) is 25.6 Å². The molecular weight excluding hydrogens is 695 g/mol. The van der Waals surface area contributed by atoms with Gasteiger partial charge < -0.3 is 29.7 Å². The van der Waals surface area contributed by atoms with Gasteiger partial charge in [-0.05, 0) is 62.5 Å². The van der Waals surface area contributed by atoms with Gasteiger partial charge in [-0.15, -0.1) is 5.10 Å². The third kappa shape index (κ3) is 8.20. The predicted octanol–water partition coefficient (Wildman–Crippen LogP) is 2.43. The van der Waals surface area contributed by atoms with E-state index in [4.69, 9.17) is 16.3 Å². The smallest absolute Gasteiger partial charge is 0.377 e. The number of piperazine rings is 1. The van der Waals surface area contributed by atoms with E-state index in [0.29, 0.717) is 69.4 Å². The van der Waals surface area contributed by atoms with Crippen molar-refractivity contribution in [2.24, 2.45) is 0 Å². The molecule has 3 aliphatic heterocycles. The predicted molar refractivity (Wildman–Crippen MR) is 183 cm³/mol. The number of hydrogen-bond donors (Lipinski definition) is 2. The molecule has 3 aromatic rings. The van der Waals surface area contributed by atoms with Crippen LogP contribution >= 0.6 is 11.6 Å². The zero-order valence-corrected chi connectivity index (χ0v) is 28.9. The van der Waals surface area contributed by atoms with E-state index in [1.54, 1.807) is 9.47 Å². The van der Waals surface area contributed by atoms with Crippen LogP contribution in [0.25, 0.3) is 11.4 Å². The Morgan fingerprint density at radius 3 is 2.41 bits per heavy atom. The van der Waals surface area contributed by atoms with Gasteiger partial charge in [0.15, 0.2) is 5.82 Å². The molecule has 3 amide bonds. The number of fused-ring (bicyclic) bond motifs is 1. The highest BCUT2D eigenvalue weighted by Crippen LogP contribution is 2.34. The monoisotopic (exact) mass is 733 g/mol. The maximum absolute atomic E-state index is 14.1. The van der Waals surface area contributed by atoms with Crippen molar-refractivity contribution in [1.29, 1.82) is 0 Å². The normalized spacial score (nSPS) is 17.2. The molecule has 5 heterocycles. The first kappa shape index (κ1) is 36.3. The Balaban J connectivity index is 1.24. The molecule has 0 unspecified atom stereocenters. The fourth-order valence-electron chi connectivity index (χ4n) is 6.59. The molecule has 0 spiro atoms. The standard InChI is InChI=1S/C33H39ClF3N9O5/c1-2-25-29(44-13-11-43(12-14-44)28(49)18-38-26(47)19-42-9-3-4-10-42)31(50)46-32(40-30(41-46)21-7-15-51-16-8-21)45(25)20-27(48)39-24-6-5-22(17-23(24)34)33(35,36)37/h5-7,17H,2-4,8-16,18-20H2,1H3,(H,38,47)(H,39,48). The zero-order chi connectivity index (χ0) is 36.3. The van der Waals surface area contributed by atoms with E-state index in [9.17, 15) is 32.3 Å². The van der Waals surface area contributed by atoms with Crippen molar-refractivity contribution in [3.05, 3.63) is 56.7 Å². The molecule has 0 radical (unpaired) electrons. The highest BCUT2D eigenvalue weighted by molar-refractivity contribution is 6.33. The summed E-state index contributed by atoms with van der Waals surface area (Å²) in [6, 6.07) is 2.65. The van der Waals surface area contributed by atoms with E-state index in [1.165, 1.54) is 0 Å². The summed E-state index contributed by atoms with van der Waals surface area (Å²) in [7, 11) is 0. The molecule has 1 aromatic carbocycles. The van der Waals surface area contributed by atoms with Crippen LogP contribution < -0.4 is 21.1 Å². The van der Waals surface area contributed by atoms with Gasteiger partial charge in [0.2, 0.25) is 23.5 Å². The van der Waals surface area contributed by atoms with Crippen LogP contribution in [0.5, 0.6) is 0 Å². The maximum Gasteiger partial charge on any atom is 0.416 e. The van der Waals surface area contributed by atoms with Gasteiger partial charge in [-0.25, -0.2) is 0 Å². The van der Waals surface area contributed by atoms with Crippen LogP contribution in [-0.4, -0.2) is 112 Å². The lowest BCUT2D eigenvalue weighted by Gasteiger charge is -2.37. The Morgan fingerprint density at radius 2 is 1.76 bits per heavy atom. The van der Waals surface area contributed by atoms with Crippen LogP contribution in [0.15, 0.2) is 29.1 Å². The Labute approximate surface area is 296 Å². The number of aromatic nitrogens is 4. The summed E-state index contributed by atoms with van der Waals surface area (Å²) in [5.74, 6) is -0.595. The number of carbonyl (C=O) groups is 3. The lowest BCUT2D eigenvalue weighted by Crippen LogP contribution is -2.53. The summed E-state index contributed by atoms with van der Waals surface area (Å²) in [5, 5.41) is 9.56. The number of hydrogen-bond acceptors (Lipinski definition) is 9. The van der Waals surface area contributed by atoms with Crippen molar-refractivity contribution in [3.63, 3.8) is 0 Å². The van der Waals surface area contributed by atoms with E-state index >= 15 is 0 Å². The Kier molecular flexibility index (Phi) is 11.0. The minimum Gasteiger partial charge on any atom is -0.377 e. The molecule has 2 fully saturated rings. The largest absolute Gasteiger partial charge is 0.416 e. The number of rotatable bonds is 10. The summed E-state index contributed by atoms with van der Waals surface area (Å²) >= 11 is 6.11. The third-order valence-corrected chi connectivity index (χ3v) is 9.55. The van der Waals surface area contributed by atoms with Crippen molar-refractivity contribution in [2.45, 2.75) is 45.3 Å². The van der Waals surface area contributed by atoms with Gasteiger partial charge in [-0.3, -0.25) is 24.1 Å². The van der Waals surface area contributed by atoms with Gasteiger partial charge in [-0.1, -0.05) is 24.6 Å². The minimum atomic E-state index is -4.60. The van der Waals surface area contributed by atoms with E-state index in [0.717, 1.165) is 54.2 Å². The second-order valence-corrected chi connectivity index (χ2v) is 13.0. The summed E-state index contributed by atoms with van der Waals surface area (Å²) in [5.41, 5.74) is 0.185. The average molecular weight is 734 g/mol. The van der Waals surface area contributed by atoms with Crippen LogP contribution in [0.1, 0.15) is 43.3 Å². The molecule has 0 aliphatic carbocycles. The summed E-state index contributed by atoms with van der Waals surface area (Å²) in [6.45, 7) is 5.39. The first-order valence-electron chi connectivity index (χ1n) is 16.9. The van der Waals surface area contributed by atoms with E-state index in [-0.39, 0.29) is 47.9 Å². The number of anilines is 2. The van der Waals surface area contributed by atoms with Gasteiger partial charge in [0, 0.05) is 26.2 Å². The number of carbonyl (C=O) groups excluding carboxylic acids is 3. The Morgan fingerprint density at radius 1 is 1.02 bits per heavy atom. The SMILES string of the molecule is CCc1c(N2CCN(C(=O)CNC(=O)CN3CCCC3)CC2)c(=O)n2nc(C3=CCOCC3)nc2n1CC(=O)Nc1ccc(C(F)(F)F)cc1Cl. The number of nitrogens with one attached hydrogen (secondary N) is 2. The van der Waals surface area contributed by atoms with Crippen molar-refractivity contribution in [1.82, 2.24) is 34.3 Å². The van der Waals surface area contributed by atoms with Crippen molar-refractivity contribution < 1.29 is 32.3 Å². The molecule has 18 heteroatoms. The van der Waals surface area contributed by atoms with Crippen LogP contribution in [-0.2, 0) is 38.3 Å². The van der Waals surface area contributed by atoms with Gasteiger partial charge >= 0.3 is 6.18 Å². The van der Waals surface area contributed by atoms with Gasteiger partial charge in [0.05, 0.1) is 48.3 Å². The summed E-state index contributed by atoms with van der Waals surface area (Å²) in [4.78, 5) is 63.2. The molecule has 51 heavy (non-hydrogen) atoms. The first-order valence-corrected chi connectivity index (χ1v) is 17.3. The molecule has 0 saturated carbocycles. The highest BCUT2D eigenvalue weighted by atomic mass is 35.5. The summed E-state index contributed by atoms with van der Waals surface area (Å²) < 4.78 is 47.7. The molecular formula is C33H39ClF3N9O5. The number of alkyl halides is 3. The maximum atomic E-state index is 14.1. The molecule has 14 nitrogen and oxygen atoms in total. The fourth-order valence-corrected chi connectivity index (χ4v) is 6.81. The molecule has 2 N–H and O–H groups in total. The quantitative estimate of drug-likeness (QED) is 0.321. The molecule has 274 valence electrons. The average Bonchev–Trinajstić information content (AvgIpc) is 3.80. The molecule has 2 saturated heterocycles. The number of benzene rings is 1. The van der Waals surface area contributed by atoms with E-state index < -0.39 is 23.2 Å². The fraction of sp³-hybridized carbons (Fsp3) is 0.515. The number of amides is 3. The topological polar surface area (TPSA) is 146 Å². The summed E-state index contributed by atoms with van der Waals surface area (Å²) in [6.07, 6.45) is 0.193. The highest BCUT2D eigenvalue weighted by Gasteiger charge is 2.32. The minimum absolute atomic E-state index is 0.00690. The Hall–Kier alpha value is -4.48. The van der Waals surface area contributed by atoms with Crippen molar-refractivity contribution >= 4 is 52.0 Å². The van der Waals surface area contributed by atoms with Crippen molar-refractivity contribution in [3.8, 4) is 0 Å². The van der Waals surface area contributed by atoms with Crippen LogP contribution in [0.2, 0.25) is 5.02 Å². The van der Waals surface area contributed by atoms with Crippen molar-refractivity contribution in [2.75, 3.05) is 75.8 Å². The number of likely N-dealkylation sites (tertiary alicyclic amines) is 1. The van der Waals surface area contributed by atoms with Crippen LogP contribution in [0, 0.1) is 0 Å². The zero-order valence-electron chi connectivity index (χ0n) is 28.1. The third-order valence-electron chi connectivity index (χ3n) is 9.23. The Bertz CT molecular complexity index is 1900. The molecule has 0 atom stereocenters. The molecule has 2 aromatic heterocycles. The number of nitrogens with zero attached hydrogens (tertiary/aromatic N) is 7. The molecule has 0 bridgehead atoms. The second-order valence-electron chi connectivity index (χ2n) is 12.6. The van der Waals surface area contributed by atoms with Crippen LogP contribution in [0.4, 0.5) is 24.5 Å². The number of ether oxygens (including phenoxy) is 1. The lowest BCUT2D eigenvalue weighted by molar-refractivity contribution is -0.137. The molecule has 3 aliphatic rings.